The van der Waals surface area contributed by atoms with Crippen molar-refractivity contribution in [1.82, 2.24) is 9.97 Å². The standard InChI is InChI=1S/C20H27N3O2/c1-13-7-9-16(10-8-13)12-25-19-21-14(2)18(15(3)22-19)23-17(24)11-20(4,5)6/h7-10H,11-12H2,1-6H3,(H,23,24). The summed E-state index contributed by atoms with van der Waals surface area (Å²) in [6, 6.07) is 8.46. The van der Waals surface area contributed by atoms with Crippen LogP contribution in [0.5, 0.6) is 6.01 Å². The van der Waals surface area contributed by atoms with Crippen LogP contribution in [0.2, 0.25) is 0 Å². The molecule has 0 radical (unpaired) electrons. The molecule has 0 aliphatic carbocycles. The van der Waals surface area contributed by atoms with Crippen LogP contribution in [0.25, 0.3) is 0 Å². The van der Waals surface area contributed by atoms with Gasteiger partial charge in [0.25, 0.3) is 0 Å². The SMILES string of the molecule is Cc1ccc(COc2nc(C)c(NC(=O)CC(C)(C)C)c(C)n2)cc1. The highest BCUT2D eigenvalue weighted by Crippen LogP contribution is 2.23. The van der Waals surface area contributed by atoms with Crippen LogP contribution >= 0.6 is 0 Å². The topological polar surface area (TPSA) is 64.1 Å². The molecule has 2 aromatic rings. The third kappa shape index (κ3) is 5.85. The molecule has 0 aliphatic rings. The number of benzene rings is 1. The summed E-state index contributed by atoms with van der Waals surface area (Å²) < 4.78 is 5.70. The fourth-order valence-electron chi connectivity index (χ4n) is 2.43. The molecule has 0 atom stereocenters. The van der Waals surface area contributed by atoms with Crippen molar-refractivity contribution in [3.05, 3.63) is 46.8 Å². The Morgan fingerprint density at radius 1 is 1.04 bits per heavy atom. The van der Waals surface area contributed by atoms with Crippen LogP contribution < -0.4 is 10.1 Å². The number of carbonyl (C=O) groups is 1. The van der Waals surface area contributed by atoms with Crippen molar-refractivity contribution < 1.29 is 9.53 Å². The maximum atomic E-state index is 12.2. The lowest BCUT2D eigenvalue weighted by Gasteiger charge is -2.18. The van der Waals surface area contributed by atoms with E-state index in [-0.39, 0.29) is 11.3 Å². The first-order valence-electron chi connectivity index (χ1n) is 8.47. The van der Waals surface area contributed by atoms with Crippen LogP contribution in [0, 0.1) is 26.2 Å². The van der Waals surface area contributed by atoms with Gasteiger partial charge in [0.2, 0.25) is 5.91 Å². The minimum Gasteiger partial charge on any atom is -0.459 e. The molecule has 5 heteroatoms. The average Bonchev–Trinajstić information content (AvgIpc) is 2.48. The molecular formula is C20H27N3O2. The highest BCUT2D eigenvalue weighted by molar-refractivity contribution is 5.92. The molecule has 0 saturated carbocycles. The van der Waals surface area contributed by atoms with Crippen molar-refractivity contribution in [3.8, 4) is 6.01 Å². The number of carbonyl (C=O) groups excluding carboxylic acids is 1. The number of nitrogens with zero attached hydrogens (tertiary/aromatic N) is 2. The van der Waals surface area contributed by atoms with E-state index >= 15 is 0 Å². The van der Waals surface area contributed by atoms with Crippen LogP contribution in [0.3, 0.4) is 0 Å². The van der Waals surface area contributed by atoms with Gasteiger partial charge in [0.1, 0.15) is 6.61 Å². The predicted molar refractivity (Wildman–Crippen MR) is 99.7 cm³/mol. The zero-order chi connectivity index (χ0) is 18.6. The molecule has 0 spiro atoms. The van der Waals surface area contributed by atoms with Crippen LogP contribution in [0.4, 0.5) is 5.69 Å². The van der Waals surface area contributed by atoms with Crippen LogP contribution in [-0.4, -0.2) is 15.9 Å². The van der Waals surface area contributed by atoms with E-state index in [4.69, 9.17) is 4.74 Å². The van der Waals surface area contributed by atoms with Crippen molar-refractivity contribution in [2.45, 2.75) is 54.6 Å². The monoisotopic (exact) mass is 341 g/mol. The minimum atomic E-state index is -0.0656. The molecule has 1 amide bonds. The van der Waals surface area contributed by atoms with Gasteiger partial charge in [-0.2, -0.15) is 9.97 Å². The normalized spacial score (nSPS) is 11.3. The fourth-order valence-corrected chi connectivity index (χ4v) is 2.43. The Kier molecular flexibility index (Phi) is 5.77. The number of anilines is 1. The number of hydrogen-bond acceptors (Lipinski definition) is 4. The third-order valence-electron chi connectivity index (χ3n) is 3.69. The predicted octanol–water partition coefficient (Wildman–Crippen LogP) is 4.36. The summed E-state index contributed by atoms with van der Waals surface area (Å²) in [4.78, 5) is 20.9. The van der Waals surface area contributed by atoms with Gasteiger partial charge in [0.15, 0.2) is 0 Å². The molecule has 1 aromatic carbocycles. The van der Waals surface area contributed by atoms with Crippen LogP contribution in [-0.2, 0) is 11.4 Å². The van der Waals surface area contributed by atoms with Gasteiger partial charge < -0.3 is 10.1 Å². The summed E-state index contributed by atoms with van der Waals surface area (Å²) in [6.45, 7) is 12.3. The first-order chi connectivity index (χ1) is 11.6. The van der Waals surface area contributed by atoms with E-state index in [2.05, 4.69) is 15.3 Å². The van der Waals surface area contributed by atoms with Crippen molar-refractivity contribution in [2.24, 2.45) is 5.41 Å². The highest BCUT2D eigenvalue weighted by Gasteiger charge is 2.18. The van der Waals surface area contributed by atoms with E-state index in [1.54, 1.807) is 0 Å². The highest BCUT2D eigenvalue weighted by atomic mass is 16.5. The molecule has 1 heterocycles. The Balaban J connectivity index is 2.06. The zero-order valence-corrected chi connectivity index (χ0v) is 15.9. The molecule has 0 saturated heterocycles. The Bertz CT molecular complexity index is 724. The van der Waals surface area contributed by atoms with Crippen molar-refractivity contribution in [2.75, 3.05) is 5.32 Å². The van der Waals surface area contributed by atoms with Gasteiger partial charge in [0, 0.05) is 6.42 Å². The van der Waals surface area contributed by atoms with Gasteiger partial charge in [-0.15, -0.1) is 0 Å². The van der Waals surface area contributed by atoms with Gasteiger partial charge in [-0.1, -0.05) is 50.6 Å². The number of ether oxygens (including phenoxy) is 1. The number of aromatic nitrogens is 2. The molecule has 25 heavy (non-hydrogen) atoms. The van der Waals surface area contributed by atoms with E-state index in [0.717, 1.165) is 5.56 Å². The van der Waals surface area contributed by atoms with Gasteiger partial charge in [-0.25, -0.2) is 0 Å². The van der Waals surface area contributed by atoms with Gasteiger partial charge in [0.05, 0.1) is 17.1 Å². The lowest BCUT2D eigenvalue weighted by Crippen LogP contribution is -2.21. The first kappa shape index (κ1) is 18.9. The van der Waals surface area contributed by atoms with E-state index in [0.29, 0.717) is 36.1 Å². The molecule has 0 bridgehead atoms. The smallest absolute Gasteiger partial charge is 0.317 e. The molecule has 1 aromatic heterocycles. The quantitative estimate of drug-likeness (QED) is 0.878. The molecule has 1 N–H and O–H groups in total. The van der Waals surface area contributed by atoms with Gasteiger partial charge in [-0.05, 0) is 31.7 Å². The molecule has 2 rings (SSSR count). The fraction of sp³-hybridized carbons (Fsp3) is 0.450. The summed E-state index contributed by atoms with van der Waals surface area (Å²) >= 11 is 0. The van der Waals surface area contributed by atoms with E-state index < -0.39 is 0 Å². The first-order valence-corrected chi connectivity index (χ1v) is 8.47. The lowest BCUT2D eigenvalue weighted by molar-refractivity contribution is -0.117. The van der Waals surface area contributed by atoms with E-state index in [1.165, 1.54) is 5.56 Å². The molecule has 5 nitrogen and oxygen atoms in total. The maximum Gasteiger partial charge on any atom is 0.317 e. The largest absolute Gasteiger partial charge is 0.459 e. The number of hydrogen-bond donors (Lipinski definition) is 1. The van der Waals surface area contributed by atoms with Gasteiger partial charge in [-0.3, -0.25) is 4.79 Å². The second kappa shape index (κ2) is 7.64. The second-order valence-electron chi connectivity index (χ2n) is 7.61. The summed E-state index contributed by atoms with van der Waals surface area (Å²) in [5.74, 6) is -0.0318. The van der Waals surface area contributed by atoms with E-state index in [9.17, 15) is 4.79 Å². The maximum absolute atomic E-state index is 12.2. The number of amides is 1. The molecular weight excluding hydrogens is 314 g/mol. The third-order valence-corrected chi connectivity index (χ3v) is 3.69. The van der Waals surface area contributed by atoms with Gasteiger partial charge >= 0.3 is 6.01 Å². The molecule has 0 unspecified atom stereocenters. The van der Waals surface area contributed by atoms with Crippen LogP contribution in [0.1, 0.15) is 49.7 Å². The van der Waals surface area contributed by atoms with E-state index in [1.807, 2.05) is 65.8 Å². The van der Waals surface area contributed by atoms with Crippen molar-refractivity contribution >= 4 is 11.6 Å². The summed E-state index contributed by atoms with van der Waals surface area (Å²) in [5, 5.41) is 2.92. The Morgan fingerprint density at radius 2 is 1.60 bits per heavy atom. The number of nitrogens with one attached hydrogen (secondary N) is 1. The average molecular weight is 341 g/mol. The summed E-state index contributed by atoms with van der Waals surface area (Å²) in [5.41, 5.74) is 4.28. The zero-order valence-electron chi connectivity index (χ0n) is 15.9. The van der Waals surface area contributed by atoms with Crippen LogP contribution in [0.15, 0.2) is 24.3 Å². The Labute approximate surface area is 149 Å². The Morgan fingerprint density at radius 3 is 2.12 bits per heavy atom. The summed E-state index contributed by atoms with van der Waals surface area (Å²) in [6.07, 6.45) is 0.442. The molecule has 0 aliphatic heterocycles. The number of aryl methyl sites for hydroxylation is 3. The van der Waals surface area contributed by atoms with Crippen molar-refractivity contribution in [3.63, 3.8) is 0 Å². The Hall–Kier alpha value is -2.43. The lowest BCUT2D eigenvalue weighted by atomic mass is 9.92. The summed E-state index contributed by atoms with van der Waals surface area (Å²) in [7, 11) is 0. The second-order valence-corrected chi connectivity index (χ2v) is 7.61. The molecule has 134 valence electrons. The van der Waals surface area contributed by atoms with Crippen molar-refractivity contribution in [1.29, 1.82) is 0 Å². The molecule has 0 fully saturated rings. The number of rotatable bonds is 5. The minimum absolute atomic E-state index is 0.0318.